The number of carbonyl (C=O) groups excluding carboxylic acids is 2. The smallest absolute Gasteiger partial charge is 0.329 e. The van der Waals surface area contributed by atoms with Crippen molar-refractivity contribution in [1.29, 1.82) is 0 Å². The molecular weight excluding hydrogens is 286 g/mol. The van der Waals surface area contributed by atoms with Gasteiger partial charge in [-0.15, -0.1) is 0 Å². The molecule has 0 radical (unpaired) electrons. The Labute approximate surface area is 120 Å². The van der Waals surface area contributed by atoms with Gasteiger partial charge in [0.25, 0.3) is 0 Å². The van der Waals surface area contributed by atoms with Gasteiger partial charge in [0.05, 0.1) is 17.8 Å². The lowest BCUT2D eigenvalue weighted by Crippen LogP contribution is -2.35. The van der Waals surface area contributed by atoms with Crippen LogP contribution in [0.5, 0.6) is 11.5 Å². The number of amides is 2. The zero-order chi connectivity index (χ0) is 15.1. The van der Waals surface area contributed by atoms with E-state index in [1.807, 2.05) is 5.43 Å². The van der Waals surface area contributed by atoms with E-state index in [4.69, 9.17) is 16.3 Å². The van der Waals surface area contributed by atoms with E-state index in [0.29, 0.717) is 12.2 Å². The molecule has 0 aromatic heterocycles. The molecule has 0 spiro atoms. The second-order valence-corrected chi connectivity index (χ2v) is 3.97. The first-order chi connectivity index (χ1) is 9.49. The third-order valence-electron chi connectivity index (χ3n) is 2.16. The van der Waals surface area contributed by atoms with Crippen molar-refractivity contribution in [3.05, 3.63) is 22.7 Å². The highest BCUT2D eigenvalue weighted by atomic mass is 35.5. The Balaban J connectivity index is 2.82. The number of benzene rings is 1. The largest absolute Gasteiger partial charge is 0.503 e. The lowest BCUT2D eigenvalue weighted by molar-refractivity contribution is -0.138. The van der Waals surface area contributed by atoms with E-state index >= 15 is 0 Å². The summed E-state index contributed by atoms with van der Waals surface area (Å²) in [6.07, 6.45) is 1.27. The number of phenols is 1. The van der Waals surface area contributed by atoms with Crippen molar-refractivity contribution in [2.45, 2.75) is 6.92 Å². The number of ether oxygens (including phenoxy) is 1. The van der Waals surface area contributed by atoms with Crippen molar-refractivity contribution in [2.75, 3.05) is 13.7 Å². The number of phenolic OH excluding ortho intramolecular Hbond substituents is 1. The zero-order valence-corrected chi connectivity index (χ0v) is 11.7. The maximum Gasteiger partial charge on any atom is 0.329 e. The molecule has 1 aromatic rings. The van der Waals surface area contributed by atoms with Crippen molar-refractivity contribution >= 4 is 29.6 Å². The molecule has 0 aliphatic rings. The minimum absolute atomic E-state index is 0.0926. The maximum absolute atomic E-state index is 11.1. The van der Waals surface area contributed by atoms with Crippen LogP contribution in [0.1, 0.15) is 12.5 Å². The van der Waals surface area contributed by atoms with Gasteiger partial charge in [-0.2, -0.15) is 5.10 Å². The van der Waals surface area contributed by atoms with Gasteiger partial charge < -0.3 is 15.2 Å². The second-order valence-electron chi connectivity index (χ2n) is 3.56. The van der Waals surface area contributed by atoms with Crippen molar-refractivity contribution in [3.63, 3.8) is 0 Å². The molecule has 0 fully saturated rings. The molecule has 108 valence electrons. The first kappa shape index (κ1) is 15.8. The molecule has 1 aromatic carbocycles. The van der Waals surface area contributed by atoms with Gasteiger partial charge in [-0.05, 0) is 24.6 Å². The summed E-state index contributed by atoms with van der Waals surface area (Å²) in [5.41, 5.74) is 2.53. The zero-order valence-electron chi connectivity index (χ0n) is 10.9. The van der Waals surface area contributed by atoms with Crippen LogP contribution in [-0.2, 0) is 9.59 Å². The summed E-state index contributed by atoms with van der Waals surface area (Å²) in [6, 6.07) is 2.94. The topological polar surface area (TPSA) is 100 Å². The standard InChI is InChI=1S/C12H14ClN3O4/c1-3-20-9-5-7(4-8(13)10(9)17)6-15-16-12(19)11(18)14-2/h4-6,17H,3H2,1-2H3,(H,14,18)(H,16,19)/b15-6-. The van der Waals surface area contributed by atoms with Gasteiger partial charge >= 0.3 is 11.8 Å². The summed E-state index contributed by atoms with van der Waals surface area (Å²) in [5.74, 6) is -1.65. The summed E-state index contributed by atoms with van der Waals surface area (Å²) in [6.45, 7) is 2.12. The van der Waals surface area contributed by atoms with Crippen molar-refractivity contribution < 1.29 is 19.4 Å². The average molecular weight is 300 g/mol. The number of hydrogen-bond donors (Lipinski definition) is 3. The van der Waals surface area contributed by atoms with E-state index in [1.165, 1.54) is 25.4 Å². The molecule has 2 amide bonds. The number of carbonyl (C=O) groups is 2. The summed E-state index contributed by atoms with van der Waals surface area (Å²) < 4.78 is 5.19. The minimum atomic E-state index is -0.890. The molecule has 0 aliphatic heterocycles. The summed E-state index contributed by atoms with van der Waals surface area (Å²) in [7, 11) is 1.33. The van der Waals surface area contributed by atoms with Crippen LogP contribution in [0, 0.1) is 0 Å². The van der Waals surface area contributed by atoms with Crippen LogP contribution in [0.4, 0.5) is 0 Å². The average Bonchev–Trinajstić information content (AvgIpc) is 2.43. The summed E-state index contributed by atoms with van der Waals surface area (Å²) in [4.78, 5) is 22.0. The molecule has 1 rings (SSSR count). The van der Waals surface area contributed by atoms with Gasteiger partial charge in [0.1, 0.15) is 0 Å². The molecule has 8 heteroatoms. The lowest BCUT2D eigenvalue weighted by atomic mass is 10.2. The molecule has 7 nitrogen and oxygen atoms in total. The quantitative estimate of drug-likeness (QED) is 0.431. The fourth-order valence-corrected chi connectivity index (χ4v) is 1.48. The Morgan fingerprint density at radius 2 is 2.15 bits per heavy atom. The number of nitrogens with one attached hydrogen (secondary N) is 2. The van der Waals surface area contributed by atoms with Gasteiger partial charge in [-0.3, -0.25) is 9.59 Å². The summed E-state index contributed by atoms with van der Waals surface area (Å²) >= 11 is 5.83. The van der Waals surface area contributed by atoms with Crippen molar-refractivity contribution in [3.8, 4) is 11.5 Å². The predicted octanol–water partition coefficient (Wildman–Crippen LogP) is 0.640. The van der Waals surface area contributed by atoms with Gasteiger partial charge in [0.15, 0.2) is 11.5 Å². The number of nitrogens with zero attached hydrogens (tertiary/aromatic N) is 1. The van der Waals surface area contributed by atoms with Crippen LogP contribution < -0.4 is 15.5 Å². The molecular formula is C12H14ClN3O4. The van der Waals surface area contributed by atoms with Gasteiger partial charge in [-0.25, -0.2) is 5.43 Å². The maximum atomic E-state index is 11.1. The number of hydrogen-bond acceptors (Lipinski definition) is 5. The molecule has 0 aliphatic carbocycles. The van der Waals surface area contributed by atoms with E-state index < -0.39 is 11.8 Å². The molecule has 0 bridgehead atoms. The monoisotopic (exact) mass is 299 g/mol. The Morgan fingerprint density at radius 1 is 1.45 bits per heavy atom. The third kappa shape index (κ3) is 4.13. The molecule has 20 heavy (non-hydrogen) atoms. The minimum Gasteiger partial charge on any atom is -0.503 e. The number of halogens is 1. The fourth-order valence-electron chi connectivity index (χ4n) is 1.26. The van der Waals surface area contributed by atoms with E-state index in [1.54, 1.807) is 6.92 Å². The summed E-state index contributed by atoms with van der Waals surface area (Å²) in [5, 5.41) is 15.5. The normalized spacial score (nSPS) is 10.3. The first-order valence-electron chi connectivity index (χ1n) is 5.70. The Morgan fingerprint density at radius 3 is 2.75 bits per heavy atom. The number of aromatic hydroxyl groups is 1. The van der Waals surface area contributed by atoms with Crippen LogP contribution in [0.25, 0.3) is 0 Å². The number of likely N-dealkylation sites (N-methyl/N-ethyl adjacent to an activating group) is 1. The highest BCUT2D eigenvalue weighted by Crippen LogP contribution is 2.34. The van der Waals surface area contributed by atoms with Gasteiger partial charge in [0.2, 0.25) is 0 Å². The van der Waals surface area contributed by atoms with Crippen LogP contribution in [0.15, 0.2) is 17.2 Å². The Bertz CT molecular complexity index is 546. The van der Waals surface area contributed by atoms with Gasteiger partial charge in [-0.1, -0.05) is 11.6 Å². The van der Waals surface area contributed by atoms with E-state index in [-0.39, 0.29) is 16.5 Å². The Hall–Kier alpha value is -2.28. The highest BCUT2D eigenvalue weighted by Gasteiger charge is 2.10. The van der Waals surface area contributed by atoms with Crippen LogP contribution in [-0.4, -0.2) is 36.8 Å². The molecule has 0 saturated heterocycles. The van der Waals surface area contributed by atoms with Crippen LogP contribution in [0.3, 0.4) is 0 Å². The highest BCUT2D eigenvalue weighted by molar-refractivity contribution is 6.35. The number of rotatable bonds is 4. The van der Waals surface area contributed by atoms with Crippen molar-refractivity contribution in [2.24, 2.45) is 5.10 Å². The van der Waals surface area contributed by atoms with Crippen LogP contribution >= 0.6 is 11.6 Å². The second kappa shape index (κ2) is 7.34. The molecule has 3 N–H and O–H groups in total. The SMILES string of the molecule is CCOc1cc(/C=N\NC(=O)C(=O)NC)cc(Cl)c1O. The first-order valence-corrected chi connectivity index (χ1v) is 6.07. The lowest BCUT2D eigenvalue weighted by Gasteiger charge is -2.08. The van der Waals surface area contributed by atoms with Crippen molar-refractivity contribution in [1.82, 2.24) is 10.7 Å². The molecule has 0 unspecified atom stereocenters. The van der Waals surface area contributed by atoms with E-state index in [9.17, 15) is 14.7 Å². The van der Waals surface area contributed by atoms with E-state index in [2.05, 4.69) is 10.4 Å². The van der Waals surface area contributed by atoms with Crippen LogP contribution in [0.2, 0.25) is 5.02 Å². The number of hydrazone groups is 1. The van der Waals surface area contributed by atoms with E-state index in [0.717, 1.165) is 0 Å². The Kier molecular flexibility index (Phi) is 5.79. The fraction of sp³-hybridized carbons (Fsp3) is 0.250. The predicted molar refractivity (Wildman–Crippen MR) is 74.1 cm³/mol. The third-order valence-corrected chi connectivity index (χ3v) is 2.45. The van der Waals surface area contributed by atoms with Gasteiger partial charge in [0, 0.05) is 7.05 Å². The molecule has 0 saturated carbocycles. The molecule has 0 heterocycles. The molecule has 0 atom stereocenters.